The van der Waals surface area contributed by atoms with Gasteiger partial charge in [0.2, 0.25) is 5.72 Å². The molecule has 1 aliphatic rings. The monoisotopic (exact) mass is 259 g/mol. The molecule has 0 radical (unpaired) electrons. The zero-order valence-electron chi connectivity index (χ0n) is 9.17. The normalized spacial score (nSPS) is 35.9. The summed E-state index contributed by atoms with van der Waals surface area (Å²) in [6, 6.07) is 1.26. The van der Waals surface area contributed by atoms with Crippen LogP contribution in [0.5, 0.6) is 0 Å². The van der Waals surface area contributed by atoms with E-state index in [1.807, 2.05) is 0 Å². The summed E-state index contributed by atoms with van der Waals surface area (Å²) in [6.45, 7) is -0.839. The molecule has 9 heteroatoms. The number of rotatable bonds is 2. The van der Waals surface area contributed by atoms with E-state index in [-0.39, 0.29) is 5.82 Å². The van der Waals surface area contributed by atoms with Crippen LogP contribution in [0, 0.1) is 0 Å². The second kappa shape index (κ2) is 4.30. The number of aliphatic hydroxyl groups is 4. The maximum Gasteiger partial charge on any atom is 0.352 e. The molecule has 2 heterocycles. The quantitative estimate of drug-likeness (QED) is 0.367. The van der Waals surface area contributed by atoms with E-state index in [2.05, 4.69) is 4.98 Å². The number of hydrogen-bond acceptors (Lipinski definition) is 8. The van der Waals surface area contributed by atoms with Crippen molar-refractivity contribution in [3.63, 3.8) is 0 Å². The molecule has 18 heavy (non-hydrogen) atoms. The van der Waals surface area contributed by atoms with Gasteiger partial charge in [0.1, 0.15) is 18.0 Å². The fourth-order valence-corrected chi connectivity index (χ4v) is 1.88. The van der Waals surface area contributed by atoms with Crippen molar-refractivity contribution >= 4 is 5.82 Å². The minimum absolute atomic E-state index is 0.0436. The van der Waals surface area contributed by atoms with Gasteiger partial charge in [0.25, 0.3) is 0 Å². The Labute approximate surface area is 101 Å². The molecule has 9 nitrogen and oxygen atoms in total. The predicted octanol–water partition coefficient (Wildman–Crippen LogP) is -3.46. The summed E-state index contributed by atoms with van der Waals surface area (Å²) in [6.07, 6.45) is -3.92. The molecule has 0 spiro atoms. The van der Waals surface area contributed by atoms with Crippen LogP contribution in [0.4, 0.5) is 5.82 Å². The molecule has 1 aromatic heterocycles. The molecule has 4 atom stereocenters. The van der Waals surface area contributed by atoms with Crippen molar-refractivity contribution in [3.8, 4) is 0 Å². The van der Waals surface area contributed by atoms with Gasteiger partial charge in [-0.25, -0.2) is 4.79 Å². The fourth-order valence-electron chi connectivity index (χ4n) is 1.88. The van der Waals surface area contributed by atoms with Crippen molar-refractivity contribution in [3.05, 3.63) is 22.7 Å². The largest absolute Gasteiger partial charge is 0.391 e. The molecule has 1 aliphatic heterocycles. The molecule has 0 saturated carbocycles. The van der Waals surface area contributed by atoms with E-state index in [9.17, 15) is 25.2 Å². The van der Waals surface area contributed by atoms with Crippen molar-refractivity contribution in [2.24, 2.45) is 0 Å². The number of nitrogens with zero attached hydrogens (tertiary/aromatic N) is 2. The van der Waals surface area contributed by atoms with E-state index in [4.69, 9.17) is 10.5 Å². The number of aliphatic hydroxyl groups excluding tert-OH is 4. The van der Waals surface area contributed by atoms with Crippen molar-refractivity contribution < 1.29 is 25.2 Å². The third-order valence-corrected chi connectivity index (χ3v) is 2.86. The van der Waals surface area contributed by atoms with E-state index in [0.717, 1.165) is 10.8 Å². The van der Waals surface area contributed by atoms with Gasteiger partial charge < -0.3 is 30.9 Å². The maximum atomic E-state index is 11.7. The molecule has 0 aliphatic carbocycles. The Hall–Kier alpha value is -1.52. The molecular weight excluding hydrogens is 246 g/mol. The third kappa shape index (κ3) is 1.69. The topological polar surface area (TPSA) is 151 Å². The van der Waals surface area contributed by atoms with Gasteiger partial charge in [-0.3, -0.25) is 4.57 Å². The number of aromatic nitrogens is 2. The molecule has 0 bridgehead atoms. The van der Waals surface area contributed by atoms with Crippen molar-refractivity contribution in [2.45, 2.75) is 24.2 Å². The van der Waals surface area contributed by atoms with E-state index < -0.39 is 36.5 Å². The average Bonchev–Trinajstić information content (AvgIpc) is 2.54. The summed E-state index contributed by atoms with van der Waals surface area (Å²) in [7, 11) is 0. The molecule has 1 aromatic rings. The Morgan fingerprint density at radius 3 is 2.61 bits per heavy atom. The maximum absolute atomic E-state index is 11.7. The molecule has 0 amide bonds. The lowest BCUT2D eigenvalue weighted by atomic mass is 10.1. The van der Waals surface area contributed by atoms with E-state index >= 15 is 0 Å². The number of hydrogen-bond donors (Lipinski definition) is 5. The summed E-state index contributed by atoms with van der Waals surface area (Å²) in [5, 5.41) is 37.9. The predicted molar refractivity (Wildman–Crippen MR) is 57.1 cm³/mol. The molecule has 100 valence electrons. The Bertz CT molecular complexity index is 505. The van der Waals surface area contributed by atoms with Gasteiger partial charge in [-0.2, -0.15) is 4.98 Å². The number of ether oxygens (including phenoxy) is 1. The Kier molecular flexibility index (Phi) is 3.09. The molecule has 1 saturated heterocycles. The lowest BCUT2D eigenvalue weighted by molar-refractivity contribution is -0.213. The zero-order chi connectivity index (χ0) is 13.5. The molecule has 0 unspecified atom stereocenters. The fraction of sp³-hybridized carbons (Fsp3) is 0.556. The smallest absolute Gasteiger partial charge is 0.352 e. The Morgan fingerprint density at radius 1 is 1.50 bits per heavy atom. The van der Waals surface area contributed by atoms with Crippen LogP contribution < -0.4 is 11.4 Å². The van der Waals surface area contributed by atoms with Crippen LogP contribution in [0.3, 0.4) is 0 Å². The van der Waals surface area contributed by atoms with Gasteiger partial charge in [-0.15, -0.1) is 0 Å². The first-order valence-electron chi connectivity index (χ1n) is 5.11. The highest BCUT2D eigenvalue weighted by atomic mass is 16.7. The highest BCUT2D eigenvalue weighted by molar-refractivity contribution is 5.24. The van der Waals surface area contributed by atoms with Crippen molar-refractivity contribution in [2.75, 3.05) is 12.3 Å². The molecule has 1 fully saturated rings. The molecule has 6 N–H and O–H groups in total. The van der Waals surface area contributed by atoms with Crippen LogP contribution in [0.2, 0.25) is 0 Å². The SMILES string of the molecule is Nc1ccn([C@]2(CO)O[C@H](O)[C@@H](O)[C@@H]2O)c(=O)n1. The van der Waals surface area contributed by atoms with Gasteiger partial charge in [0.05, 0.1) is 6.61 Å². The van der Waals surface area contributed by atoms with Crippen LogP contribution in [0.15, 0.2) is 17.1 Å². The van der Waals surface area contributed by atoms with Crippen molar-refractivity contribution in [1.29, 1.82) is 0 Å². The molecular formula is C9H13N3O6. The minimum atomic E-state index is -1.99. The molecule has 2 rings (SSSR count). The second-order valence-electron chi connectivity index (χ2n) is 3.95. The van der Waals surface area contributed by atoms with E-state index in [1.54, 1.807) is 0 Å². The van der Waals surface area contributed by atoms with Gasteiger partial charge in [-0.1, -0.05) is 0 Å². The first kappa shape index (κ1) is 12.9. The summed E-state index contributed by atoms with van der Waals surface area (Å²) in [4.78, 5) is 15.1. The number of nitrogen functional groups attached to an aromatic ring is 1. The third-order valence-electron chi connectivity index (χ3n) is 2.86. The van der Waals surface area contributed by atoms with Crippen LogP contribution in [-0.2, 0) is 10.5 Å². The minimum Gasteiger partial charge on any atom is -0.391 e. The summed E-state index contributed by atoms with van der Waals surface area (Å²) < 4.78 is 5.69. The van der Waals surface area contributed by atoms with Crippen LogP contribution in [0.25, 0.3) is 0 Å². The van der Waals surface area contributed by atoms with E-state index in [1.165, 1.54) is 6.07 Å². The first-order chi connectivity index (χ1) is 8.42. The standard InChI is InChI=1S/C9H13N3O6/c10-4-1-2-12(8(17)11-4)9(3-13)6(15)5(14)7(16)18-9/h1-2,5-7,13-16H,3H2,(H2,10,11,17)/t5-,6-,7-,9+/m0/s1. The van der Waals surface area contributed by atoms with Crippen LogP contribution in [-0.4, -0.2) is 55.1 Å². The lowest BCUT2D eigenvalue weighted by Crippen LogP contribution is -2.53. The van der Waals surface area contributed by atoms with Crippen LogP contribution in [0.1, 0.15) is 0 Å². The van der Waals surface area contributed by atoms with Gasteiger partial charge in [0, 0.05) is 6.20 Å². The van der Waals surface area contributed by atoms with Gasteiger partial charge in [0.15, 0.2) is 6.29 Å². The summed E-state index contributed by atoms with van der Waals surface area (Å²) >= 11 is 0. The van der Waals surface area contributed by atoms with Gasteiger partial charge >= 0.3 is 5.69 Å². The van der Waals surface area contributed by atoms with E-state index in [0.29, 0.717) is 0 Å². The number of anilines is 1. The highest BCUT2D eigenvalue weighted by Gasteiger charge is 2.55. The second-order valence-corrected chi connectivity index (χ2v) is 3.95. The van der Waals surface area contributed by atoms with Crippen molar-refractivity contribution in [1.82, 2.24) is 9.55 Å². The molecule has 0 aromatic carbocycles. The highest BCUT2D eigenvalue weighted by Crippen LogP contribution is 2.33. The number of nitrogens with two attached hydrogens (primary N) is 1. The lowest BCUT2D eigenvalue weighted by Gasteiger charge is -2.31. The van der Waals surface area contributed by atoms with Crippen LogP contribution >= 0.6 is 0 Å². The first-order valence-corrected chi connectivity index (χ1v) is 5.11. The van der Waals surface area contributed by atoms with Gasteiger partial charge in [-0.05, 0) is 6.07 Å². The summed E-state index contributed by atoms with van der Waals surface area (Å²) in [5.41, 5.74) is 2.44. The average molecular weight is 259 g/mol. The zero-order valence-corrected chi connectivity index (χ0v) is 9.17. The Morgan fingerprint density at radius 2 is 2.17 bits per heavy atom. The Balaban J connectivity index is 2.55. The summed E-state index contributed by atoms with van der Waals surface area (Å²) in [5.74, 6) is -0.0436.